The molecule has 21 heavy (non-hydrogen) atoms. The fraction of sp³-hybridized carbons (Fsp3) is 0.562. The van der Waals surface area contributed by atoms with Gasteiger partial charge >= 0.3 is 5.97 Å². The van der Waals surface area contributed by atoms with Crippen LogP contribution in [0.4, 0.5) is 0 Å². The summed E-state index contributed by atoms with van der Waals surface area (Å²) in [5.41, 5.74) is 1.17. The molecule has 4 nitrogen and oxygen atoms in total. The topological polar surface area (TPSA) is 58.6 Å². The van der Waals surface area contributed by atoms with Crippen molar-refractivity contribution in [3.8, 4) is 5.75 Å². The van der Waals surface area contributed by atoms with Gasteiger partial charge in [0.1, 0.15) is 12.4 Å². The molecule has 0 spiro atoms. The number of carbonyl (C=O) groups is 1. The first-order chi connectivity index (χ1) is 9.79. The number of nitrogens with one attached hydrogen (secondary N) is 1. The number of benzene rings is 1. The van der Waals surface area contributed by atoms with Gasteiger partial charge in [-0.3, -0.25) is 4.79 Å². The lowest BCUT2D eigenvalue weighted by atomic mass is 9.95. The van der Waals surface area contributed by atoms with E-state index in [0.717, 1.165) is 27.9 Å². The summed E-state index contributed by atoms with van der Waals surface area (Å²) >= 11 is 3.51. The molecule has 5 heteroatoms. The third kappa shape index (κ3) is 4.45. The van der Waals surface area contributed by atoms with E-state index >= 15 is 0 Å². The summed E-state index contributed by atoms with van der Waals surface area (Å²) in [6, 6.07) is 4.64. The number of hydrogen-bond acceptors (Lipinski definition) is 3. The summed E-state index contributed by atoms with van der Waals surface area (Å²) < 4.78 is 6.87. The van der Waals surface area contributed by atoms with Crippen LogP contribution in [0.3, 0.4) is 0 Å². The Morgan fingerprint density at radius 3 is 2.71 bits per heavy atom. The van der Waals surface area contributed by atoms with Gasteiger partial charge in [-0.25, -0.2) is 0 Å². The van der Waals surface area contributed by atoms with Gasteiger partial charge in [0.15, 0.2) is 0 Å². The van der Waals surface area contributed by atoms with E-state index in [1.165, 1.54) is 12.8 Å². The maximum atomic E-state index is 11.2. The number of carboxylic acids is 1. The predicted molar refractivity (Wildman–Crippen MR) is 85.7 cm³/mol. The molecule has 1 aromatic carbocycles. The van der Waals surface area contributed by atoms with Crippen molar-refractivity contribution < 1.29 is 14.6 Å². The first kappa shape index (κ1) is 16.3. The van der Waals surface area contributed by atoms with Crippen molar-refractivity contribution in [3.63, 3.8) is 0 Å². The molecule has 0 radical (unpaired) electrons. The Balaban J connectivity index is 2.13. The monoisotopic (exact) mass is 355 g/mol. The van der Waals surface area contributed by atoms with Crippen LogP contribution in [-0.2, 0) is 11.3 Å². The van der Waals surface area contributed by atoms with Gasteiger partial charge in [0.25, 0.3) is 0 Å². The molecule has 0 bridgehead atoms. The molecule has 1 saturated carbocycles. The Bertz CT molecular complexity index is 539. The van der Waals surface area contributed by atoms with E-state index < -0.39 is 11.4 Å². The number of halogens is 1. The predicted octanol–water partition coefficient (Wildman–Crippen LogP) is 3.50. The van der Waals surface area contributed by atoms with Crippen LogP contribution >= 0.6 is 15.9 Å². The lowest BCUT2D eigenvalue weighted by Gasteiger charge is -2.22. The van der Waals surface area contributed by atoms with E-state index in [2.05, 4.69) is 21.2 Å². The van der Waals surface area contributed by atoms with E-state index in [1.807, 2.05) is 19.1 Å². The first-order valence-electron chi connectivity index (χ1n) is 7.18. The molecule has 1 aliphatic carbocycles. The van der Waals surface area contributed by atoms with E-state index in [1.54, 1.807) is 13.8 Å². The Labute approximate surface area is 134 Å². The SMILES string of the molecule is Cc1cc(Br)cc(CNC2CC2)c1OCC(C)(C)C(=O)O. The summed E-state index contributed by atoms with van der Waals surface area (Å²) in [6.07, 6.45) is 2.46. The van der Waals surface area contributed by atoms with Gasteiger partial charge < -0.3 is 15.2 Å². The third-order valence-corrected chi connectivity index (χ3v) is 4.09. The normalized spacial score (nSPS) is 15.0. The molecular weight excluding hydrogens is 334 g/mol. The maximum Gasteiger partial charge on any atom is 0.312 e. The second kappa shape index (κ2) is 6.36. The molecule has 116 valence electrons. The number of aryl methyl sites for hydroxylation is 1. The van der Waals surface area contributed by atoms with Crippen LogP contribution in [0.25, 0.3) is 0 Å². The van der Waals surface area contributed by atoms with Crippen molar-refractivity contribution >= 4 is 21.9 Å². The maximum absolute atomic E-state index is 11.2. The Morgan fingerprint density at radius 2 is 2.14 bits per heavy atom. The van der Waals surface area contributed by atoms with E-state index in [9.17, 15) is 9.90 Å². The lowest BCUT2D eigenvalue weighted by Crippen LogP contribution is -2.31. The molecule has 1 aliphatic rings. The smallest absolute Gasteiger partial charge is 0.312 e. The highest BCUT2D eigenvalue weighted by Crippen LogP contribution is 2.31. The zero-order chi connectivity index (χ0) is 15.6. The van der Waals surface area contributed by atoms with E-state index in [0.29, 0.717) is 6.04 Å². The van der Waals surface area contributed by atoms with Gasteiger partial charge in [0.05, 0.1) is 5.41 Å². The highest BCUT2D eigenvalue weighted by Gasteiger charge is 2.29. The van der Waals surface area contributed by atoms with Crippen molar-refractivity contribution in [2.45, 2.75) is 46.2 Å². The quantitative estimate of drug-likeness (QED) is 0.785. The minimum Gasteiger partial charge on any atom is -0.492 e. The highest BCUT2D eigenvalue weighted by atomic mass is 79.9. The molecule has 0 aromatic heterocycles. The van der Waals surface area contributed by atoms with Gasteiger partial charge in [-0.1, -0.05) is 15.9 Å². The molecule has 0 unspecified atom stereocenters. The molecule has 0 heterocycles. The standard InChI is InChI=1S/C16H22BrNO3/c1-10-6-12(17)7-11(8-18-13-4-5-13)14(10)21-9-16(2,3)15(19)20/h6-7,13,18H,4-5,8-9H2,1-3H3,(H,19,20). The van der Waals surface area contributed by atoms with Crippen molar-refractivity contribution in [1.82, 2.24) is 5.32 Å². The summed E-state index contributed by atoms with van der Waals surface area (Å²) in [4.78, 5) is 11.2. The molecule has 2 rings (SSSR count). The molecule has 0 amide bonds. The molecular formula is C16H22BrNO3. The summed E-state index contributed by atoms with van der Waals surface area (Å²) in [6.45, 7) is 6.22. The van der Waals surface area contributed by atoms with Crippen LogP contribution < -0.4 is 10.1 Å². The fourth-order valence-corrected chi connectivity index (χ4v) is 2.61. The summed E-state index contributed by atoms with van der Waals surface area (Å²) in [5.74, 6) is -0.0596. The second-order valence-corrected chi connectivity index (χ2v) is 7.26. The van der Waals surface area contributed by atoms with Crippen molar-refractivity contribution in [2.24, 2.45) is 5.41 Å². The summed E-state index contributed by atoms with van der Waals surface area (Å²) in [7, 11) is 0. The van der Waals surface area contributed by atoms with Crippen LogP contribution in [0.15, 0.2) is 16.6 Å². The Hall–Kier alpha value is -1.07. The number of rotatable bonds is 7. The van der Waals surface area contributed by atoms with Crippen LogP contribution in [0, 0.1) is 12.3 Å². The Morgan fingerprint density at radius 1 is 1.48 bits per heavy atom. The average Bonchev–Trinajstić information content (AvgIpc) is 3.18. The molecule has 2 N–H and O–H groups in total. The minimum atomic E-state index is -0.902. The van der Waals surface area contributed by atoms with Gasteiger partial charge in [-0.15, -0.1) is 0 Å². The zero-order valence-electron chi connectivity index (χ0n) is 12.7. The van der Waals surface area contributed by atoms with Crippen LogP contribution in [-0.4, -0.2) is 23.7 Å². The summed E-state index contributed by atoms with van der Waals surface area (Å²) in [5, 5.41) is 12.7. The van der Waals surface area contributed by atoms with Crippen molar-refractivity contribution in [2.75, 3.05) is 6.61 Å². The lowest BCUT2D eigenvalue weighted by molar-refractivity contribution is -0.148. The van der Waals surface area contributed by atoms with Crippen molar-refractivity contribution in [1.29, 1.82) is 0 Å². The second-order valence-electron chi connectivity index (χ2n) is 6.34. The van der Waals surface area contributed by atoms with E-state index in [4.69, 9.17) is 4.74 Å². The third-order valence-electron chi connectivity index (χ3n) is 3.63. The molecule has 1 aromatic rings. The first-order valence-corrected chi connectivity index (χ1v) is 7.97. The van der Waals surface area contributed by atoms with Gasteiger partial charge in [-0.2, -0.15) is 0 Å². The zero-order valence-corrected chi connectivity index (χ0v) is 14.3. The molecule has 0 aliphatic heterocycles. The van der Waals surface area contributed by atoms with Gasteiger partial charge in [0.2, 0.25) is 0 Å². The molecule has 0 saturated heterocycles. The van der Waals surface area contributed by atoms with Crippen LogP contribution in [0.5, 0.6) is 5.75 Å². The minimum absolute atomic E-state index is 0.154. The number of aliphatic carboxylic acids is 1. The molecule has 0 atom stereocenters. The average molecular weight is 356 g/mol. The highest BCUT2D eigenvalue weighted by molar-refractivity contribution is 9.10. The number of carboxylic acid groups (broad SMARTS) is 1. The van der Waals surface area contributed by atoms with Gasteiger partial charge in [0, 0.05) is 22.6 Å². The fourth-order valence-electron chi connectivity index (χ4n) is 1.99. The molecule has 1 fully saturated rings. The largest absolute Gasteiger partial charge is 0.492 e. The van der Waals surface area contributed by atoms with Crippen LogP contribution in [0.2, 0.25) is 0 Å². The number of hydrogen-bond donors (Lipinski definition) is 2. The van der Waals surface area contributed by atoms with Crippen molar-refractivity contribution in [3.05, 3.63) is 27.7 Å². The van der Waals surface area contributed by atoms with Gasteiger partial charge in [-0.05, 0) is 51.3 Å². The number of ether oxygens (including phenoxy) is 1. The van der Waals surface area contributed by atoms with E-state index in [-0.39, 0.29) is 6.61 Å². The van der Waals surface area contributed by atoms with Crippen LogP contribution in [0.1, 0.15) is 37.8 Å². The Kier molecular flexibility index (Phi) is 4.94.